The number of benzene rings is 1. The number of aliphatic carboxylic acids is 1. The number of para-hydroxylation sites is 1. The highest BCUT2D eigenvalue weighted by atomic mass is 19.4. The lowest BCUT2D eigenvalue weighted by Crippen LogP contribution is -2.42. The van der Waals surface area contributed by atoms with Gasteiger partial charge in [-0.3, -0.25) is 9.59 Å². The van der Waals surface area contributed by atoms with Gasteiger partial charge in [0.2, 0.25) is 5.91 Å². The number of carboxylic acid groups (broad SMARTS) is 1. The molecule has 0 fully saturated rings. The Bertz CT molecular complexity index is 557. The molecule has 1 aromatic rings. The molecule has 0 aliphatic carbocycles. The van der Waals surface area contributed by atoms with Gasteiger partial charge in [-0.2, -0.15) is 13.2 Å². The van der Waals surface area contributed by atoms with Crippen molar-refractivity contribution in [1.82, 2.24) is 0 Å². The van der Waals surface area contributed by atoms with E-state index in [-0.39, 0.29) is 13.0 Å². The largest absolute Gasteiger partial charge is 0.481 e. The Labute approximate surface area is 119 Å². The van der Waals surface area contributed by atoms with Gasteiger partial charge in [-0.25, -0.2) is 0 Å². The number of halogens is 3. The summed E-state index contributed by atoms with van der Waals surface area (Å²) < 4.78 is 36.7. The van der Waals surface area contributed by atoms with Crippen LogP contribution in [-0.2, 0) is 16.0 Å². The summed E-state index contributed by atoms with van der Waals surface area (Å²) in [6.45, 7) is -0.0942. The summed E-state index contributed by atoms with van der Waals surface area (Å²) in [4.78, 5) is 24.3. The van der Waals surface area contributed by atoms with E-state index < -0.39 is 36.8 Å². The fourth-order valence-electron chi connectivity index (χ4n) is 2.38. The third kappa shape index (κ3) is 3.74. The number of carbonyl (C=O) groups is 2. The molecule has 1 aliphatic heterocycles. The molecule has 1 N–H and O–H groups in total. The summed E-state index contributed by atoms with van der Waals surface area (Å²) in [7, 11) is 0. The van der Waals surface area contributed by atoms with Crippen LogP contribution in [0.25, 0.3) is 0 Å². The standard InChI is InChI=1S/C14H14F3NO3/c15-14(16,17)6-5-12(19)18-8-10(13(20)21)7-9-3-1-2-4-11(9)18/h1-4,10H,5-8H2,(H,20,21). The van der Waals surface area contributed by atoms with Crippen LogP contribution >= 0.6 is 0 Å². The van der Waals surface area contributed by atoms with Gasteiger partial charge < -0.3 is 10.0 Å². The molecule has 0 aromatic heterocycles. The van der Waals surface area contributed by atoms with Gasteiger partial charge in [0.05, 0.1) is 12.3 Å². The molecule has 7 heteroatoms. The van der Waals surface area contributed by atoms with Crippen LogP contribution in [0.4, 0.5) is 18.9 Å². The Balaban J connectivity index is 2.21. The fourth-order valence-corrected chi connectivity index (χ4v) is 2.38. The van der Waals surface area contributed by atoms with Gasteiger partial charge in [0.25, 0.3) is 0 Å². The van der Waals surface area contributed by atoms with Gasteiger partial charge in [0.15, 0.2) is 0 Å². The number of fused-ring (bicyclic) bond motifs is 1. The monoisotopic (exact) mass is 301 g/mol. The number of hydrogen-bond acceptors (Lipinski definition) is 2. The maximum Gasteiger partial charge on any atom is 0.389 e. The van der Waals surface area contributed by atoms with Crippen molar-refractivity contribution >= 4 is 17.6 Å². The summed E-state index contributed by atoms with van der Waals surface area (Å²) in [5, 5.41) is 9.10. The van der Waals surface area contributed by atoms with E-state index >= 15 is 0 Å². The molecule has 0 saturated carbocycles. The smallest absolute Gasteiger partial charge is 0.389 e. The Morgan fingerprint density at radius 1 is 1.29 bits per heavy atom. The number of amides is 1. The van der Waals surface area contributed by atoms with Crippen LogP contribution in [0.2, 0.25) is 0 Å². The Morgan fingerprint density at radius 3 is 2.57 bits per heavy atom. The second-order valence-electron chi connectivity index (χ2n) is 4.99. The molecule has 1 aliphatic rings. The minimum absolute atomic E-state index is 0.0942. The van der Waals surface area contributed by atoms with Crippen molar-refractivity contribution in [1.29, 1.82) is 0 Å². The molecule has 1 atom stereocenters. The van der Waals surface area contributed by atoms with Crippen molar-refractivity contribution in [3.05, 3.63) is 29.8 Å². The fraction of sp³-hybridized carbons (Fsp3) is 0.429. The molecule has 4 nitrogen and oxygen atoms in total. The summed E-state index contributed by atoms with van der Waals surface area (Å²) in [5.74, 6) is -2.56. The minimum atomic E-state index is -4.41. The van der Waals surface area contributed by atoms with Crippen molar-refractivity contribution < 1.29 is 27.9 Å². The summed E-state index contributed by atoms with van der Waals surface area (Å²) in [5.41, 5.74) is 1.17. The molecule has 1 aromatic carbocycles. The first-order valence-electron chi connectivity index (χ1n) is 6.46. The average molecular weight is 301 g/mol. The van der Waals surface area contributed by atoms with Crippen molar-refractivity contribution in [2.45, 2.75) is 25.4 Å². The zero-order chi connectivity index (χ0) is 15.6. The van der Waals surface area contributed by atoms with Crippen LogP contribution in [0.3, 0.4) is 0 Å². The first-order chi connectivity index (χ1) is 9.78. The van der Waals surface area contributed by atoms with Gasteiger partial charge in [0, 0.05) is 18.7 Å². The van der Waals surface area contributed by atoms with Gasteiger partial charge >= 0.3 is 12.1 Å². The lowest BCUT2D eigenvalue weighted by Gasteiger charge is -2.33. The molecular formula is C14H14F3NO3. The molecule has 1 amide bonds. The first-order valence-corrected chi connectivity index (χ1v) is 6.46. The van der Waals surface area contributed by atoms with E-state index in [1.54, 1.807) is 24.3 Å². The van der Waals surface area contributed by atoms with E-state index in [0.717, 1.165) is 4.90 Å². The number of hydrogen-bond donors (Lipinski definition) is 1. The predicted octanol–water partition coefficient (Wildman–Crippen LogP) is 2.62. The first kappa shape index (κ1) is 15.3. The van der Waals surface area contributed by atoms with Crippen molar-refractivity contribution in [2.24, 2.45) is 5.92 Å². The van der Waals surface area contributed by atoms with Crippen molar-refractivity contribution in [2.75, 3.05) is 11.4 Å². The normalized spacial score (nSPS) is 18.2. The number of alkyl halides is 3. The van der Waals surface area contributed by atoms with Crippen LogP contribution < -0.4 is 4.90 Å². The highest BCUT2D eigenvalue weighted by Crippen LogP contribution is 2.31. The van der Waals surface area contributed by atoms with Crippen LogP contribution in [0.5, 0.6) is 0 Å². The Hall–Kier alpha value is -2.05. The quantitative estimate of drug-likeness (QED) is 0.933. The summed E-state index contributed by atoms with van der Waals surface area (Å²) >= 11 is 0. The number of carboxylic acids is 1. The highest BCUT2D eigenvalue weighted by molar-refractivity contribution is 5.95. The summed E-state index contributed by atoms with van der Waals surface area (Å²) in [6, 6.07) is 6.69. The molecule has 114 valence electrons. The molecule has 1 unspecified atom stereocenters. The lowest BCUT2D eigenvalue weighted by atomic mass is 9.92. The highest BCUT2D eigenvalue weighted by Gasteiger charge is 2.34. The Morgan fingerprint density at radius 2 is 1.95 bits per heavy atom. The maximum absolute atomic E-state index is 12.2. The van der Waals surface area contributed by atoms with Gasteiger partial charge in [-0.05, 0) is 18.1 Å². The molecule has 0 radical (unpaired) electrons. The molecule has 0 spiro atoms. The van der Waals surface area contributed by atoms with E-state index in [0.29, 0.717) is 11.3 Å². The van der Waals surface area contributed by atoms with Gasteiger partial charge in [-0.1, -0.05) is 18.2 Å². The van der Waals surface area contributed by atoms with Crippen LogP contribution in [-0.4, -0.2) is 29.7 Å². The topological polar surface area (TPSA) is 57.6 Å². The van der Waals surface area contributed by atoms with Gasteiger partial charge in [-0.15, -0.1) is 0 Å². The second kappa shape index (κ2) is 5.75. The zero-order valence-corrected chi connectivity index (χ0v) is 11.1. The maximum atomic E-state index is 12.2. The van der Waals surface area contributed by atoms with Crippen LogP contribution in [0, 0.1) is 5.92 Å². The average Bonchev–Trinajstić information content (AvgIpc) is 2.42. The number of anilines is 1. The third-order valence-corrected chi connectivity index (χ3v) is 3.42. The van der Waals surface area contributed by atoms with Gasteiger partial charge in [0.1, 0.15) is 0 Å². The lowest BCUT2D eigenvalue weighted by molar-refractivity contribution is -0.144. The number of nitrogens with zero attached hydrogens (tertiary/aromatic N) is 1. The van der Waals surface area contributed by atoms with Crippen molar-refractivity contribution in [3.8, 4) is 0 Å². The zero-order valence-electron chi connectivity index (χ0n) is 11.1. The molecule has 2 rings (SSSR count). The predicted molar refractivity (Wildman–Crippen MR) is 68.9 cm³/mol. The minimum Gasteiger partial charge on any atom is -0.481 e. The molecule has 1 heterocycles. The van der Waals surface area contributed by atoms with E-state index in [4.69, 9.17) is 5.11 Å². The number of carbonyl (C=O) groups excluding carboxylic acids is 1. The SMILES string of the molecule is O=C(O)C1Cc2ccccc2N(C(=O)CCC(F)(F)F)C1. The second-order valence-corrected chi connectivity index (χ2v) is 4.99. The molecule has 0 bridgehead atoms. The molecule has 0 saturated heterocycles. The Kier molecular flexibility index (Phi) is 4.20. The number of rotatable bonds is 3. The molecular weight excluding hydrogens is 287 g/mol. The van der Waals surface area contributed by atoms with Crippen LogP contribution in [0.15, 0.2) is 24.3 Å². The van der Waals surface area contributed by atoms with E-state index in [2.05, 4.69) is 0 Å². The van der Waals surface area contributed by atoms with Crippen molar-refractivity contribution in [3.63, 3.8) is 0 Å². The molecule has 21 heavy (non-hydrogen) atoms. The van der Waals surface area contributed by atoms with E-state index in [9.17, 15) is 22.8 Å². The summed E-state index contributed by atoms with van der Waals surface area (Å²) in [6.07, 6.45) is -6.02. The van der Waals surface area contributed by atoms with E-state index in [1.807, 2.05) is 0 Å². The van der Waals surface area contributed by atoms with Crippen LogP contribution in [0.1, 0.15) is 18.4 Å². The third-order valence-electron chi connectivity index (χ3n) is 3.42. The van der Waals surface area contributed by atoms with E-state index in [1.165, 1.54) is 0 Å².